The van der Waals surface area contributed by atoms with Crippen molar-refractivity contribution in [1.29, 1.82) is 0 Å². The SMILES string of the molecule is Cc1ccccc1NC(=O)CSc1nc(-c2cc3ccccc3oc2=O)cn1-c1ccc(Cl)cc1. The molecular formula is C27H20ClN3O3S. The third kappa shape index (κ3) is 5.01. The molecule has 0 fully saturated rings. The molecule has 0 saturated heterocycles. The summed E-state index contributed by atoms with van der Waals surface area (Å²) in [6.07, 6.45) is 1.77. The number of hydrogen-bond donors (Lipinski definition) is 1. The molecule has 174 valence electrons. The molecular weight excluding hydrogens is 482 g/mol. The Labute approximate surface area is 210 Å². The third-order valence-corrected chi connectivity index (χ3v) is 6.65. The topological polar surface area (TPSA) is 77.1 Å². The minimum Gasteiger partial charge on any atom is -0.422 e. The predicted octanol–water partition coefficient (Wildman–Crippen LogP) is 6.34. The Balaban J connectivity index is 1.48. The molecule has 1 amide bonds. The zero-order chi connectivity index (χ0) is 24.4. The van der Waals surface area contributed by atoms with E-state index in [1.54, 1.807) is 30.5 Å². The molecule has 0 aliphatic rings. The van der Waals surface area contributed by atoms with Gasteiger partial charge in [-0.15, -0.1) is 0 Å². The van der Waals surface area contributed by atoms with Crippen LogP contribution in [0.2, 0.25) is 5.02 Å². The molecule has 2 heterocycles. The van der Waals surface area contributed by atoms with E-state index in [2.05, 4.69) is 5.32 Å². The van der Waals surface area contributed by atoms with Crippen LogP contribution in [0.15, 0.2) is 99.4 Å². The first-order chi connectivity index (χ1) is 17.0. The molecule has 0 radical (unpaired) electrons. The Morgan fingerprint density at radius 2 is 1.80 bits per heavy atom. The second-order valence-corrected chi connectivity index (χ2v) is 9.27. The molecule has 2 aromatic heterocycles. The number of anilines is 1. The number of amides is 1. The summed E-state index contributed by atoms with van der Waals surface area (Å²) in [5, 5.41) is 4.91. The Hall–Kier alpha value is -3.81. The highest BCUT2D eigenvalue weighted by Crippen LogP contribution is 2.28. The van der Waals surface area contributed by atoms with E-state index < -0.39 is 5.63 Å². The molecule has 0 atom stereocenters. The van der Waals surface area contributed by atoms with Gasteiger partial charge in [0, 0.05) is 28.0 Å². The van der Waals surface area contributed by atoms with E-state index in [-0.39, 0.29) is 11.7 Å². The van der Waals surface area contributed by atoms with Crippen LogP contribution in [0.4, 0.5) is 5.69 Å². The van der Waals surface area contributed by atoms with Crippen molar-refractivity contribution in [1.82, 2.24) is 9.55 Å². The Kier molecular flexibility index (Phi) is 6.44. The van der Waals surface area contributed by atoms with Gasteiger partial charge in [0.15, 0.2) is 5.16 Å². The quantitative estimate of drug-likeness (QED) is 0.217. The van der Waals surface area contributed by atoms with Gasteiger partial charge in [-0.3, -0.25) is 9.36 Å². The number of nitrogens with zero attached hydrogens (tertiary/aromatic N) is 2. The normalized spacial score (nSPS) is 11.0. The number of halogens is 1. The summed E-state index contributed by atoms with van der Waals surface area (Å²) in [5.74, 6) is -0.00762. The Morgan fingerprint density at radius 3 is 2.60 bits per heavy atom. The fraction of sp³-hybridized carbons (Fsp3) is 0.0741. The smallest absolute Gasteiger partial charge is 0.345 e. The highest BCUT2D eigenvalue weighted by atomic mass is 35.5. The van der Waals surface area contributed by atoms with Crippen LogP contribution in [-0.2, 0) is 4.79 Å². The fourth-order valence-corrected chi connectivity index (χ4v) is 4.57. The number of carbonyl (C=O) groups excluding carboxylic acids is 1. The second kappa shape index (κ2) is 9.82. The van der Waals surface area contributed by atoms with Gasteiger partial charge in [-0.25, -0.2) is 9.78 Å². The van der Waals surface area contributed by atoms with Crippen molar-refractivity contribution in [3.8, 4) is 16.9 Å². The molecule has 0 bridgehead atoms. The van der Waals surface area contributed by atoms with Gasteiger partial charge in [-0.2, -0.15) is 0 Å². The van der Waals surface area contributed by atoms with Gasteiger partial charge < -0.3 is 9.73 Å². The van der Waals surface area contributed by atoms with Crippen LogP contribution in [0.25, 0.3) is 27.9 Å². The van der Waals surface area contributed by atoms with Gasteiger partial charge in [-0.1, -0.05) is 59.8 Å². The van der Waals surface area contributed by atoms with Crippen LogP contribution in [0, 0.1) is 6.92 Å². The summed E-state index contributed by atoms with van der Waals surface area (Å²) >= 11 is 7.35. The summed E-state index contributed by atoms with van der Waals surface area (Å²) in [6.45, 7) is 1.94. The van der Waals surface area contributed by atoms with Crippen LogP contribution in [0.5, 0.6) is 0 Å². The number of hydrogen-bond acceptors (Lipinski definition) is 5. The number of rotatable bonds is 6. The highest BCUT2D eigenvalue weighted by Gasteiger charge is 2.17. The number of nitrogens with one attached hydrogen (secondary N) is 1. The zero-order valence-corrected chi connectivity index (χ0v) is 20.3. The molecule has 0 aliphatic carbocycles. The van der Waals surface area contributed by atoms with Crippen LogP contribution in [0.3, 0.4) is 0 Å². The third-order valence-electron chi connectivity index (χ3n) is 5.45. The van der Waals surface area contributed by atoms with E-state index >= 15 is 0 Å². The molecule has 5 aromatic rings. The Bertz CT molecular complexity index is 1590. The zero-order valence-electron chi connectivity index (χ0n) is 18.7. The van der Waals surface area contributed by atoms with E-state index in [1.165, 1.54) is 11.8 Å². The molecule has 1 N–H and O–H groups in total. The first-order valence-electron chi connectivity index (χ1n) is 10.8. The highest BCUT2D eigenvalue weighted by molar-refractivity contribution is 7.99. The summed E-state index contributed by atoms with van der Waals surface area (Å²) in [4.78, 5) is 30.1. The lowest BCUT2D eigenvalue weighted by Gasteiger charge is -2.09. The molecule has 5 rings (SSSR count). The maximum absolute atomic E-state index is 12.7. The summed E-state index contributed by atoms with van der Waals surface area (Å²) < 4.78 is 7.34. The number of carbonyl (C=O) groups is 1. The van der Waals surface area contributed by atoms with Crippen LogP contribution in [-0.4, -0.2) is 21.2 Å². The largest absolute Gasteiger partial charge is 0.422 e. The van der Waals surface area contributed by atoms with Crippen LogP contribution < -0.4 is 10.9 Å². The van der Waals surface area contributed by atoms with Crippen molar-refractivity contribution in [3.63, 3.8) is 0 Å². The van der Waals surface area contributed by atoms with Gasteiger partial charge in [-0.05, 0) is 55.0 Å². The molecule has 3 aromatic carbocycles. The van der Waals surface area contributed by atoms with Gasteiger partial charge in [0.1, 0.15) is 5.58 Å². The van der Waals surface area contributed by atoms with Gasteiger partial charge >= 0.3 is 5.63 Å². The number of para-hydroxylation sites is 2. The van der Waals surface area contributed by atoms with Gasteiger partial charge in [0.25, 0.3) is 0 Å². The van der Waals surface area contributed by atoms with Gasteiger partial charge in [0.2, 0.25) is 5.91 Å². The first-order valence-corrected chi connectivity index (χ1v) is 12.2. The van der Waals surface area contributed by atoms with E-state index in [0.29, 0.717) is 27.0 Å². The monoisotopic (exact) mass is 501 g/mol. The average Bonchev–Trinajstić information content (AvgIpc) is 3.28. The number of benzene rings is 3. The van der Waals surface area contributed by atoms with Gasteiger partial charge in [0.05, 0.1) is 17.0 Å². The second-order valence-electron chi connectivity index (χ2n) is 7.89. The number of aromatic nitrogens is 2. The van der Waals surface area contributed by atoms with Crippen molar-refractivity contribution in [3.05, 3.63) is 106 Å². The van der Waals surface area contributed by atoms with E-state index in [9.17, 15) is 9.59 Å². The summed E-state index contributed by atoms with van der Waals surface area (Å²) in [6, 6.07) is 24.0. The first kappa shape index (κ1) is 23.0. The standard InChI is InChI=1S/C27H20ClN3O3S/c1-17-6-2-4-8-22(17)29-25(32)16-35-27-30-23(15-31(27)20-12-10-19(28)11-13-20)21-14-18-7-3-5-9-24(18)34-26(21)33/h2-15H,16H2,1H3,(H,29,32). The number of aryl methyl sites for hydroxylation is 1. The van der Waals surface area contributed by atoms with Crippen molar-refractivity contribution >= 4 is 45.9 Å². The molecule has 0 aliphatic heterocycles. The average molecular weight is 502 g/mol. The van der Waals surface area contributed by atoms with Crippen molar-refractivity contribution in [2.75, 3.05) is 11.1 Å². The molecule has 0 saturated carbocycles. The number of imidazole rings is 1. The van der Waals surface area contributed by atoms with Crippen LogP contribution in [0.1, 0.15) is 5.56 Å². The molecule has 6 nitrogen and oxygen atoms in total. The van der Waals surface area contributed by atoms with Crippen molar-refractivity contribution in [2.24, 2.45) is 0 Å². The minimum atomic E-state index is -0.474. The fourth-order valence-electron chi connectivity index (χ4n) is 3.65. The maximum atomic E-state index is 12.7. The van der Waals surface area contributed by atoms with E-state index in [0.717, 1.165) is 22.3 Å². The predicted molar refractivity (Wildman–Crippen MR) is 141 cm³/mol. The molecule has 0 unspecified atom stereocenters. The Morgan fingerprint density at radius 1 is 1.06 bits per heavy atom. The lowest BCUT2D eigenvalue weighted by Crippen LogP contribution is -2.15. The van der Waals surface area contributed by atoms with Crippen molar-refractivity contribution < 1.29 is 9.21 Å². The number of fused-ring (bicyclic) bond motifs is 1. The summed E-state index contributed by atoms with van der Waals surface area (Å²) in [5.41, 5.74) is 3.41. The van der Waals surface area contributed by atoms with E-state index in [4.69, 9.17) is 21.0 Å². The molecule has 35 heavy (non-hydrogen) atoms. The molecule has 8 heteroatoms. The number of thioether (sulfide) groups is 1. The molecule has 0 spiro atoms. The summed E-state index contributed by atoms with van der Waals surface area (Å²) in [7, 11) is 0. The lowest BCUT2D eigenvalue weighted by atomic mass is 10.1. The van der Waals surface area contributed by atoms with E-state index in [1.807, 2.05) is 66.1 Å². The maximum Gasteiger partial charge on any atom is 0.345 e. The van der Waals surface area contributed by atoms with Crippen molar-refractivity contribution in [2.45, 2.75) is 12.1 Å². The van der Waals surface area contributed by atoms with Crippen LogP contribution >= 0.6 is 23.4 Å². The minimum absolute atomic E-state index is 0.144. The lowest BCUT2D eigenvalue weighted by molar-refractivity contribution is -0.113.